The third-order valence-electron chi connectivity index (χ3n) is 5.21. The summed E-state index contributed by atoms with van der Waals surface area (Å²) in [6.45, 7) is 0.185. The molecular formula is C26H18N5NaO2. The standard InChI is InChI=1S/C26H19N5O2.Na/c32-26(33)23-10-3-1-8-21(23)17-31-29-25(28-30-31)20-9-5-6-18(16-20)12-14-22-15-13-19-7-2-4-11-24(19)27-22;/h1-16H,17H2,(H,32,33);/q;+1/p-1/b14-12+;. The number of para-hydroxylation sites is 1. The summed E-state index contributed by atoms with van der Waals surface area (Å²) in [5.74, 6) is -0.772. The quantitative estimate of drug-likeness (QED) is 0.346. The van der Waals surface area contributed by atoms with Gasteiger partial charge in [-0.15, -0.1) is 10.2 Å². The van der Waals surface area contributed by atoms with Crippen LogP contribution in [-0.2, 0) is 6.54 Å². The Hall–Kier alpha value is -3.65. The second-order valence-electron chi connectivity index (χ2n) is 7.48. The second kappa shape index (κ2) is 10.5. The van der Waals surface area contributed by atoms with Crippen LogP contribution in [-0.4, -0.2) is 31.2 Å². The molecule has 160 valence electrons. The van der Waals surface area contributed by atoms with Gasteiger partial charge in [0.1, 0.15) is 0 Å². The largest absolute Gasteiger partial charge is 1.00 e. The second-order valence-corrected chi connectivity index (χ2v) is 7.48. The molecule has 0 N–H and O–H groups in total. The molecule has 0 bridgehead atoms. The summed E-state index contributed by atoms with van der Waals surface area (Å²) in [6.07, 6.45) is 3.95. The van der Waals surface area contributed by atoms with Gasteiger partial charge in [-0.1, -0.05) is 72.8 Å². The van der Waals surface area contributed by atoms with Gasteiger partial charge in [-0.25, -0.2) is 4.98 Å². The zero-order valence-electron chi connectivity index (χ0n) is 18.5. The minimum atomic E-state index is -1.23. The van der Waals surface area contributed by atoms with Gasteiger partial charge >= 0.3 is 29.6 Å². The van der Waals surface area contributed by atoms with E-state index in [0.29, 0.717) is 11.4 Å². The number of nitrogens with zero attached hydrogens (tertiary/aromatic N) is 5. The average molecular weight is 455 g/mol. The molecule has 0 fully saturated rings. The number of pyridine rings is 1. The molecule has 0 aliphatic carbocycles. The number of benzene rings is 3. The van der Waals surface area contributed by atoms with E-state index in [1.807, 2.05) is 66.7 Å². The number of tetrazole rings is 1. The van der Waals surface area contributed by atoms with E-state index in [0.717, 1.165) is 27.7 Å². The van der Waals surface area contributed by atoms with Crippen molar-refractivity contribution in [2.75, 3.05) is 0 Å². The Morgan fingerprint density at radius 1 is 0.912 bits per heavy atom. The van der Waals surface area contributed by atoms with Crippen molar-refractivity contribution in [3.63, 3.8) is 0 Å². The first kappa shape index (κ1) is 23.5. The van der Waals surface area contributed by atoms with E-state index in [1.54, 1.807) is 18.2 Å². The van der Waals surface area contributed by atoms with Gasteiger partial charge in [0, 0.05) is 16.5 Å². The summed E-state index contributed by atoms with van der Waals surface area (Å²) in [5.41, 5.74) is 4.28. The van der Waals surface area contributed by atoms with Crippen molar-refractivity contribution in [2.24, 2.45) is 0 Å². The summed E-state index contributed by atoms with van der Waals surface area (Å²) in [7, 11) is 0. The van der Waals surface area contributed by atoms with Gasteiger partial charge in [-0.3, -0.25) is 0 Å². The molecule has 0 saturated carbocycles. The van der Waals surface area contributed by atoms with Crippen molar-refractivity contribution >= 4 is 29.0 Å². The molecule has 0 atom stereocenters. The maximum Gasteiger partial charge on any atom is 1.00 e. The normalized spacial score (nSPS) is 10.9. The van der Waals surface area contributed by atoms with Crippen molar-refractivity contribution < 1.29 is 39.5 Å². The predicted octanol–water partition coefficient (Wildman–Crippen LogP) is 0.474. The van der Waals surface area contributed by atoms with Crippen LogP contribution in [0.2, 0.25) is 0 Å². The van der Waals surface area contributed by atoms with Gasteiger partial charge in [0.25, 0.3) is 0 Å². The number of carbonyl (C=O) groups excluding carboxylic acids is 1. The molecule has 5 rings (SSSR count). The van der Waals surface area contributed by atoms with Crippen LogP contribution >= 0.6 is 0 Å². The smallest absolute Gasteiger partial charge is 0.545 e. The van der Waals surface area contributed by atoms with Gasteiger partial charge in [-0.05, 0) is 40.6 Å². The summed E-state index contributed by atoms with van der Waals surface area (Å²) in [5, 5.41) is 25.0. The van der Waals surface area contributed by atoms with Gasteiger partial charge in [-0.2, -0.15) is 4.80 Å². The molecule has 0 aliphatic heterocycles. The molecule has 0 aliphatic rings. The Morgan fingerprint density at radius 3 is 2.62 bits per heavy atom. The van der Waals surface area contributed by atoms with Crippen molar-refractivity contribution in [3.05, 3.63) is 107 Å². The summed E-state index contributed by atoms with van der Waals surface area (Å²) in [4.78, 5) is 17.4. The first-order valence-electron chi connectivity index (χ1n) is 10.4. The molecule has 34 heavy (non-hydrogen) atoms. The summed E-state index contributed by atoms with van der Waals surface area (Å²) < 4.78 is 0. The molecule has 0 unspecified atom stereocenters. The van der Waals surface area contributed by atoms with Crippen LogP contribution in [0, 0.1) is 0 Å². The zero-order chi connectivity index (χ0) is 22.6. The summed E-state index contributed by atoms with van der Waals surface area (Å²) in [6, 6.07) is 26.5. The fraction of sp³-hybridized carbons (Fsp3) is 0.0385. The number of aromatic carboxylic acids is 1. The maximum atomic E-state index is 11.3. The Morgan fingerprint density at radius 2 is 1.74 bits per heavy atom. The predicted molar refractivity (Wildman–Crippen MR) is 124 cm³/mol. The molecule has 0 saturated heterocycles. The molecule has 0 radical (unpaired) electrons. The fourth-order valence-electron chi connectivity index (χ4n) is 3.57. The van der Waals surface area contributed by atoms with Crippen LogP contribution in [0.3, 0.4) is 0 Å². The Bertz CT molecular complexity index is 1500. The van der Waals surface area contributed by atoms with Crippen molar-refractivity contribution in [3.8, 4) is 11.4 Å². The zero-order valence-corrected chi connectivity index (χ0v) is 20.5. The molecule has 2 aromatic heterocycles. The van der Waals surface area contributed by atoms with Crippen LogP contribution < -0.4 is 34.7 Å². The number of carboxylic acid groups (broad SMARTS) is 1. The molecule has 0 spiro atoms. The van der Waals surface area contributed by atoms with E-state index in [9.17, 15) is 9.90 Å². The molecule has 2 heterocycles. The van der Waals surface area contributed by atoms with E-state index < -0.39 is 5.97 Å². The van der Waals surface area contributed by atoms with Crippen molar-refractivity contribution in [2.45, 2.75) is 6.54 Å². The fourth-order valence-corrected chi connectivity index (χ4v) is 3.57. The average Bonchev–Trinajstić information content (AvgIpc) is 3.31. The van der Waals surface area contributed by atoms with Gasteiger partial charge in [0.15, 0.2) is 0 Å². The van der Waals surface area contributed by atoms with Crippen LogP contribution in [0.4, 0.5) is 0 Å². The number of carbonyl (C=O) groups is 1. The topological polar surface area (TPSA) is 96.6 Å². The number of fused-ring (bicyclic) bond motifs is 1. The van der Waals surface area contributed by atoms with E-state index >= 15 is 0 Å². The SMILES string of the molecule is O=C([O-])c1ccccc1Cn1nnc(-c2cccc(/C=C/c3ccc4ccccc4n3)c2)n1.[Na+]. The molecular weight excluding hydrogens is 437 g/mol. The first-order valence-corrected chi connectivity index (χ1v) is 10.4. The molecule has 8 heteroatoms. The van der Waals surface area contributed by atoms with E-state index in [2.05, 4.69) is 26.5 Å². The number of rotatable bonds is 6. The van der Waals surface area contributed by atoms with Crippen LogP contribution in [0.5, 0.6) is 0 Å². The van der Waals surface area contributed by atoms with Crippen molar-refractivity contribution in [1.29, 1.82) is 0 Å². The number of hydrogen-bond acceptors (Lipinski definition) is 6. The van der Waals surface area contributed by atoms with E-state index in [1.165, 1.54) is 10.9 Å². The minimum Gasteiger partial charge on any atom is -0.545 e. The molecule has 0 amide bonds. The first-order chi connectivity index (χ1) is 16.2. The van der Waals surface area contributed by atoms with E-state index in [-0.39, 0.29) is 41.7 Å². The molecule has 7 nitrogen and oxygen atoms in total. The Balaban J connectivity index is 0.00000274. The monoisotopic (exact) mass is 455 g/mol. The Labute approximate surface area is 218 Å². The third-order valence-corrected chi connectivity index (χ3v) is 5.21. The van der Waals surface area contributed by atoms with E-state index in [4.69, 9.17) is 0 Å². The van der Waals surface area contributed by atoms with Crippen molar-refractivity contribution in [1.82, 2.24) is 25.2 Å². The molecule has 5 aromatic rings. The van der Waals surface area contributed by atoms with Gasteiger partial charge < -0.3 is 9.90 Å². The maximum absolute atomic E-state index is 11.3. The minimum absolute atomic E-state index is 0. The van der Waals surface area contributed by atoms with Gasteiger partial charge in [0.05, 0.1) is 23.7 Å². The number of hydrogen-bond donors (Lipinski definition) is 0. The van der Waals surface area contributed by atoms with Crippen LogP contribution in [0.15, 0.2) is 84.9 Å². The summed E-state index contributed by atoms with van der Waals surface area (Å²) >= 11 is 0. The number of aromatic nitrogens is 5. The molecule has 3 aromatic carbocycles. The third kappa shape index (κ3) is 5.28. The Kier molecular flexibility index (Phi) is 7.27. The van der Waals surface area contributed by atoms with Crippen LogP contribution in [0.1, 0.15) is 27.2 Å². The van der Waals surface area contributed by atoms with Crippen LogP contribution in [0.25, 0.3) is 34.4 Å². The number of carboxylic acids is 1. The van der Waals surface area contributed by atoms with Gasteiger partial charge in [0.2, 0.25) is 5.82 Å².